The van der Waals surface area contributed by atoms with Gasteiger partial charge in [0, 0.05) is 12.6 Å². The van der Waals surface area contributed by atoms with Crippen molar-refractivity contribution in [1.82, 2.24) is 4.90 Å². The summed E-state index contributed by atoms with van der Waals surface area (Å²) in [4.78, 5) is 2.74. The number of piperidine rings is 1. The van der Waals surface area contributed by atoms with E-state index < -0.39 is 0 Å². The van der Waals surface area contributed by atoms with E-state index in [0.29, 0.717) is 5.41 Å². The summed E-state index contributed by atoms with van der Waals surface area (Å²) in [6.07, 6.45) is 5.85. The number of hydrogen-bond acceptors (Lipinski definition) is 1. The maximum atomic E-state index is 2.74. The van der Waals surface area contributed by atoms with Crippen molar-refractivity contribution in [2.45, 2.75) is 52.5 Å². The Morgan fingerprint density at radius 2 is 2.00 bits per heavy atom. The van der Waals surface area contributed by atoms with Crippen LogP contribution in [0.2, 0.25) is 0 Å². The molecule has 0 aromatic rings. The lowest BCUT2D eigenvalue weighted by Gasteiger charge is -2.29. The summed E-state index contributed by atoms with van der Waals surface area (Å²) >= 11 is 0. The number of rotatable bonds is 2. The van der Waals surface area contributed by atoms with Gasteiger partial charge in [0.1, 0.15) is 0 Å². The van der Waals surface area contributed by atoms with Crippen molar-refractivity contribution in [3.8, 4) is 0 Å². The molecule has 0 amide bonds. The second-order valence-corrected chi connectivity index (χ2v) is 6.14. The fourth-order valence-electron chi connectivity index (χ4n) is 2.78. The lowest BCUT2D eigenvalue weighted by Crippen LogP contribution is -2.34. The first-order valence-electron chi connectivity index (χ1n) is 5.79. The standard InChI is InChI=1S/C12H23N/c1-12(2,3)6-7-13-9-10-4-5-11(13)8-10/h10-11H,4-9H2,1-3H3/t10-,11+/m1/s1. The third-order valence-electron chi connectivity index (χ3n) is 3.67. The van der Waals surface area contributed by atoms with Gasteiger partial charge < -0.3 is 4.90 Å². The molecule has 0 N–H and O–H groups in total. The van der Waals surface area contributed by atoms with Gasteiger partial charge in [0.2, 0.25) is 0 Å². The minimum Gasteiger partial charge on any atom is -0.300 e. The van der Waals surface area contributed by atoms with Crippen LogP contribution in [0.4, 0.5) is 0 Å². The predicted octanol–water partition coefficient (Wildman–Crippen LogP) is 2.91. The average molecular weight is 181 g/mol. The maximum Gasteiger partial charge on any atom is 0.00986 e. The first kappa shape index (κ1) is 9.51. The largest absolute Gasteiger partial charge is 0.300 e. The Morgan fingerprint density at radius 3 is 2.46 bits per heavy atom. The van der Waals surface area contributed by atoms with E-state index in [-0.39, 0.29) is 0 Å². The molecular formula is C12H23N. The predicted molar refractivity (Wildman–Crippen MR) is 56.8 cm³/mol. The van der Waals surface area contributed by atoms with Crippen LogP contribution in [0.15, 0.2) is 0 Å². The Hall–Kier alpha value is -0.0400. The average Bonchev–Trinajstić information content (AvgIpc) is 2.58. The van der Waals surface area contributed by atoms with E-state index in [9.17, 15) is 0 Å². The highest BCUT2D eigenvalue weighted by atomic mass is 15.2. The smallest absolute Gasteiger partial charge is 0.00986 e. The summed E-state index contributed by atoms with van der Waals surface area (Å²) in [5.41, 5.74) is 0.516. The number of nitrogens with zero attached hydrogens (tertiary/aromatic N) is 1. The zero-order chi connectivity index (χ0) is 9.47. The highest BCUT2D eigenvalue weighted by Crippen LogP contribution is 2.37. The molecule has 2 rings (SSSR count). The summed E-state index contributed by atoms with van der Waals surface area (Å²) in [5.74, 6) is 1.06. The summed E-state index contributed by atoms with van der Waals surface area (Å²) in [6.45, 7) is 9.79. The number of fused-ring (bicyclic) bond motifs is 2. The van der Waals surface area contributed by atoms with Gasteiger partial charge in [-0.3, -0.25) is 0 Å². The van der Waals surface area contributed by atoms with E-state index >= 15 is 0 Å². The number of likely N-dealkylation sites (tertiary alicyclic amines) is 1. The van der Waals surface area contributed by atoms with Crippen LogP contribution in [0.25, 0.3) is 0 Å². The Labute approximate surface area is 82.5 Å². The topological polar surface area (TPSA) is 3.24 Å². The minimum absolute atomic E-state index is 0.516. The van der Waals surface area contributed by atoms with Gasteiger partial charge in [0.15, 0.2) is 0 Å². The fourth-order valence-corrected chi connectivity index (χ4v) is 2.78. The van der Waals surface area contributed by atoms with Crippen LogP contribution in [-0.4, -0.2) is 24.0 Å². The molecule has 1 heterocycles. The van der Waals surface area contributed by atoms with Crippen LogP contribution in [0.3, 0.4) is 0 Å². The lowest BCUT2D eigenvalue weighted by molar-refractivity contribution is 0.184. The lowest BCUT2D eigenvalue weighted by atomic mass is 9.92. The zero-order valence-electron chi connectivity index (χ0n) is 9.34. The molecule has 1 saturated heterocycles. The van der Waals surface area contributed by atoms with E-state index in [4.69, 9.17) is 0 Å². The minimum atomic E-state index is 0.516. The molecule has 0 aromatic carbocycles. The van der Waals surface area contributed by atoms with Gasteiger partial charge in [0.05, 0.1) is 0 Å². The molecule has 2 fully saturated rings. The molecule has 0 radical (unpaired) electrons. The summed E-state index contributed by atoms with van der Waals surface area (Å²) in [6, 6.07) is 0.965. The highest BCUT2D eigenvalue weighted by Gasteiger charge is 2.37. The molecule has 1 saturated carbocycles. The molecule has 0 aromatic heterocycles. The molecule has 2 atom stereocenters. The van der Waals surface area contributed by atoms with Crippen LogP contribution < -0.4 is 0 Å². The molecule has 1 aliphatic heterocycles. The van der Waals surface area contributed by atoms with Gasteiger partial charge in [0.25, 0.3) is 0 Å². The van der Waals surface area contributed by atoms with E-state index in [1.54, 1.807) is 0 Å². The van der Waals surface area contributed by atoms with Crippen LogP contribution >= 0.6 is 0 Å². The SMILES string of the molecule is CC(C)(C)CCN1C[C@@H]2CC[C@H]1C2. The summed E-state index contributed by atoms with van der Waals surface area (Å²) in [7, 11) is 0. The van der Waals surface area contributed by atoms with Crippen molar-refractivity contribution >= 4 is 0 Å². The van der Waals surface area contributed by atoms with Gasteiger partial charge in [-0.25, -0.2) is 0 Å². The molecule has 1 nitrogen and oxygen atoms in total. The Balaban J connectivity index is 1.78. The van der Waals surface area contributed by atoms with Crippen molar-refractivity contribution in [3.63, 3.8) is 0 Å². The molecule has 0 unspecified atom stereocenters. The van der Waals surface area contributed by atoms with E-state index in [1.165, 1.54) is 38.8 Å². The van der Waals surface area contributed by atoms with Crippen LogP contribution in [0.5, 0.6) is 0 Å². The maximum absolute atomic E-state index is 2.74. The summed E-state index contributed by atoms with van der Waals surface area (Å²) in [5, 5.41) is 0. The van der Waals surface area contributed by atoms with E-state index in [0.717, 1.165) is 12.0 Å². The highest BCUT2D eigenvalue weighted by molar-refractivity contribution is 4.92. The van der Waals surface area contributed by atoms with Gasteiger partial charge in [-0.2, -0.15) is 0 Å². The molecule has 0 spiro atoms. The van der Waals surface area contributed by atoms with Crippen molar-refractivity contribution < 1.29 is 0 Å². The van der Waals surface area contributed by atoms with Crippen molar-refractivity contribution in [2.75, 3.05) is 13.1 Å². The van der Waals surface area contributed by atoms with Gasteiger partial charge >= 0.3 is 0 Å². The van der Waals surface area contributed by atoms with Gasteiger partial charge in [-0.1, -0.05) is 20.8 Å². The van der Waals surface area contributed by atoms with Gasteiger partial charge in [-0.05, 0) is 43.6 Å². The Morgan fingerprint density at radius 1 is 1.23 bits per heavy atom. The fraction of sp³-hybridized carbons (Fsp3) is 1.00. The van der Waals surface area contributed by atoms with E-state index in [2.05, 4.69) is 25.7 Å². The van der Waals surface area contributed by atoms with Crippen LogP contribution in [0.1, 0.15) is 46.5 Å². The van der Waals surface area contributed by atoms with E-state index in [1.807, 2.05) is 0 Å². The molecule has 1 heteroatoms. The molecule has 76 valence electrons. The van der Waals surface area contributed by atoms with Crippen molar-refractivity contribution in [3.05, 3.63) is 0 Å². The number of hydrogen-bond donors (Lipinski definition) is 0. The third-order valence-corrected chi connectivity index (χ3v) is 3.67. The Kier molecular flexibility index (Phi) is 2.39. The normalized spacial score (nSPS) is 34.4. The monoisotopic (exact) mass is 181 g/mol. The van der Waals surface area contributed by atoms with Crippen LogP contribution in [-0.2, 0) is 0 Å². The third kappa shape index (κ3) is 2.25. The zero-order valence-corrected chi connectivity index (χ0v) is 9.34. The van der Waals surface area contributed by atoms with Crippen molar-refractivity contribution in [1.29, 1.82) is 0 Å². The molecule has 2 aliphatic rings. The summed E-state index contributed by atoms with van der Waals surface area (Å²) < 4.78 is 0. The molecule has 13 heavy (non-hydrogen) atoms. The molecule has 2 bridgehead atoms. The first-order valence-corrected chi connectivity index (χ1v) is 5.79. The quantitative estimate of drug-likeness (QED) is 0.633. The Bertz CT molecular complexity index is 180. The van der Waals surface area contributed by atoms with Crippen LogP contribution in [0, 0.1) is 11.3 Å². The second kappa shape index (κ2) is 3.27. The molecular weight excluding hydrogens is 158 g/mol. The van der Waals surface area contributed by atoms with Crippen molar-refractivity contribution in [2.24, 2.45) is 11.3 Å². The molecule has 1 aliphatic carbocycles. The van der Waals surface area contributed by atoms with Gasteiger partial charge in [-0.15, -0.1) is 0 Å². The first-order chi connectivity index (χ1) is 6.04. The second-order valence-electron chi connectivity index (χ2n) is 6.14.